The van der Waals surface area contributed by atoms with Crippen molar-refractivity contribution in [2.45, 2.75) is 68.0 Å². The Morgan fingerprint density at radius 3 is 2.37 bits per heavy atom. The molecule has 51 heavy (non-hydrogen) atoms. The molecule has 2 aliphatic heterocycles. The number of methoxy groups -OCH3 is 1. The second-order valence-electron chi connectivity index (χ2n) is 12.5. The van der Waals surface area contributed by atoms with E-state index in [-0.39, 0.29) is 38.3 Å². The van der Waals surface area contributed by atoms with Gasteiger partial charge in [-0.2, -0.15) is 13.2 Å². The fourth-order valence-electron chi connectivity index (χ4n) is 6.46. The van der Waals surface area contributed by atoms with Gasteiger partial charge < -0.3 is 29.5 Å². The van der Waals surface area contributed by atoms with Gasteiger partial charge in [0.15, 0.2) is 6.29 Å². The van der Waals surface area contributed by atoms with Crippen molar-refractivity contribution in [2.75, 3.05) is 19.4 Å². The molecule has 0 aliphatic carbocycles. The van der Waals surface area contributed by atoms with Gasteiger partial charge in [0.1, 0.15) is 11.8 Å². The Morgan fingerprint density at radius 2 is 1.65 bits per heavy atom. The molecule has 2 N–H and O–H groups in total. The monoisotopic (exact) mass is 720 g/mol. The Labute approximate surface area is 298 Å². The standard InChI is InChI=1S/C39H39F3N2O6S/c1-48-33-10-4-5-11-35(33)51-24-30-21-34(27-14-12-25(23-45)13-15-27)50-37(49-30)28-18-16-26(17-19-28)31-8-3-2-7-29(31)22-43-36(46)32-9-6-20-44(32)38(47)39(40,41)42/h2-5,7-8,10-19,30,32,34,37,45H,6,9,20-24H2,1H3,(H,43,46)/t30-,32+,34+,37+/m1/s1. The van der Waals surface area contributed by atoms with Gasteiger partial charge in [-0.3, -0.25) is 9.59 Å². The van der Waals surface area contributed by atoms with Crippen molar-refractivity contribution < 1.29 is 42.1 Å². The number of benzene rings is 4. The van der Waals surface area contributed by atoms with E-state index in [1.54, 1.807) is 18.9 Å². The number of ether oxygens (including phenoxy) is 3. The first-order chi connectivity index (χ1) is 24.6. The number of carbonyl (C=O) groups is 2. The number of aliphatic hydroxyl groups excluding tert-OH is 1. The normalized spacial score (nSPS) is 20.6. The average molecular weight is 721 g/mol. The highest BCUT2D eigenvalue weighted by molar-refractivity contribution is 7.99. The van der Waals surface area contributed by atoms with Crippen LogP contribution in [0.3, 0.4) is 0 Å². The number of para-hydroxylation sites is 1. The molecule has 2 aliphatic rings. The minimum Gasteiger partial charge on any atom is -0.496 e. The second-order valence-corrected chi connectivity index (χ2v) is 13.5. The van der Waals surface area contributed by atoms with Gasteiger partial charge in [0, 0.05) is 35.7 Å². The molecule has 0 radical (unpaired) electrons. The molecule has 4 aromatic rings. The Balaban J connectivity index is 1.17. The summed E-state index contributed by atoms with van der Waals surface area (Å²) in [6, 6.07) is 29.7. The maximum Gasteiger partial charge on any atom is 0.471 e. The topological polar surface area (TPSA) is 97.3 Å². The quantitative estimate of drug-likeness (QED) is 0.156. The molecule has 2 heterocycles. The van der Waals surface area contributed by atoms with Gasteiger partial charge in [-0.25, -0.2) is 0 Å². The highest BCUT2D eigenvalue weighted by Gasteiger charge is 2.47. The molecule has 8 nitrogen and oxygen atoms in total. The zero-order valence-electron chi connectivity index (χ0n) is 28.0. The van der Waals surface area contributed by atoms with Crippen molar-refractivity contribution in [2.24, 2.45) is 0 Å². The van der Waals surface area contributed by atoms with E-state index in [2.05, 4.69) is 5.32 Å². The van der Waals surface area contributed by atoms with Gasteiger partial charge in [-0.15, -0.1) is 11.8 Å². The van der Waals surface area contributed by atoms with Gasteiger partial charge in [-0.05, 0) is 52.8 Å². The molecule has 268 valence electrons. The van der Waals surface area contributed by atoms with Gasteiger partial charge in [-0.1, -0.05) is 84.9 Å². The zero-order valence-corrected chi connectivity index (χ0v) is 28.8. The van der Waals surface area contributed by atoms with Crippen molar-refractivity contribution in [1.29, 1.82) is 0 Å². The Bertz CT molecular complexity index is 1800. The fraction of sp³-hybridized carbons (Fsp3) is 0.333. The van der Waals surface area contributed by atoms with E-state index in [0.29, 0.717) is 23.5 Å². The lowest BCUT2D eigenvalue weighted by molar-refractivity contribution is -0.245. The summed E-state index contributed by atoms with van der Waals surface area (Å²) in [7, 11) is 1.65. The number of aliphatic hydroxyl groups is 1. The first kappa shape index (κ1) is 36.4. The van der Waals surface area contributed by atoms with Crippen LogP contribution in [0, 0.1) is 0 Å². The third-order valence-corrected chi connectivity index (χ3v) is 10.3. The highest BCUT2D eigenvalue weighted by Crippen LogP contribution is 2.41. The van der Waals surface area contributed by atoms with E-state index in [0.717, 1.165) is 44.0 Å². The van der Waals surface area contributed by atoms with Crippen LogP contribution in [0.4, 0.5) is 13.2 Å². The van der Waals surface area contributed by atoms with E-state index in [1.807, 2.05) is 97.1 Å². The molecular formula is C39H39F3N2O6S. The van der Waals surface area contributed by atoms with Gasteiger partial charge in [0.05, 0.1) is 25.9 Å². The number of hydrogen-bond donors (Lipinski definition) is 2. The summed E-state index contributed by atoms with van der Waals surface area (Å²) in [4.78, 5) is 26.5. The summed E-state index contributed by atoms with van der Waals surface area (Å²) in [5, 5.41) is 12.3. The summed E-state index contributed by atoms with van der Waals surface area (Å²) < 4.78 is 57.9. The molecule has 12 heteroatoms. The fourth-order valence-corrected chi connectivity index (χ4v) is 7.51. The third-order valence-electron chi connectivity index (χ3n) is 9.13. The summed E-state index contributed by atoms with van der Waals surface area (Å²) >= 11 is 1.66. The molecule has 0 spiro atoms. The van der Waals surface area contributed by atoms with Crippen LogP contribution >= 0.6 is 11.8 Å². The Hall–Kier alpha value is -4.36. The largest absolute Gasteiger partial charge is 0.496 e. The van der Waals surface area contributed by atoms with Crippen molar-refractivity contribution >= 4 is 23.6 Å². The van der Waals surface area contributed by atoms with Crippen molar-refractivity contribution in [3.05, 3.63) is 119 Å². The lowest BCUT2D eigenvalue weighted by atomic mass is 9.97. The number of rotatable bonds is 11. The number of alkyl halides is 3. The van der Waals surface area contributed by atoms with Crippen molar-refractivity contribution in [1.82, 2.24) is 10.2 Å². The molecule has 2 saturated heterocycles. The number of amides is 2. The van der Waals surface area contributed by atoms with Crippen LogP contribution < -0.4 is 10.1 Å². The number of likely N-dealkylation sites (tertiary alicyclic amines) is 1. The SMILES string of the molecule is COc1ccccc1SC[C@H]1C[C@@H](c2ccc(CO)cc2)O[C@@H](c2ccc(-c3ccccc3CNC(=O)[C@@H]3CCCN3C(=O)C(F)(F)F)cc2)O1. The molecule has 0 unspecified atom stereocenters. The maximum atomic E-state index is 13.1. The number of nitrogens with zero attached hydrogens (tertiary/aromatic N) is 1. The van der Waals surface area contributed by atoms with Crippen LogP contribution in [0.25, 0.3) is 11.1 Å². The molecule has 4 aromatic carbocycles. The van der Waals surface area contributed by atoms with E-state index in [4.69, 9.17) is 14.2 Å². The number of halogens is 3. The van der Waals surface area contributed by atoms with Crippen molar-refractivity contribution in [3.8, 4) is 16.9 Å². The Kier molecular flexibility index (Phi) is 11.7. The van der Waals surface area contributed by atoms with Crippen molar-refractivity contribution in [3.63, 3.8) is 0 Å². The first-order valence-electron chi connectivity index (χ1n) is 16.7. The lowest BCUT2D eigenvalue weighted by Gasteiger charge is -2.36. The molecular weight excluding hydrogens is 681 g/mol. The first-order valence-corrected chi connectivity index (χ1v) is 17.7. The predicted molar refractivity (Wildman–Crippen MR) is 187 cm³/mol. The summed E-state index contributed by atoms with van der Waals surface area (Å²) in [5.41, 5.74) is 5.12. The van der Waals surface area contributed by atoms with Gasteiger partial charge in [0.25, 0.3) is 0 Å². The van der Waals surface area contributed by atoms with E-state index in [1.165, 1.54) is 0 Å². The smallest absolute Gasteiger partial charge is 0.471 e. The van der Waals surface area contributed by atoms with Crippen LogP contribution in [0.2, 0.25) is 0 Å². The second kappa shape index (κ2) is 16.3. The number of nitrogens with one attached hydrogen (secondary N) is 1. The molecule has 0 aromatic heterocycles. The molecule has 2 amide bonds. The number of thioether (sulfide) groups is 1. The molecule has 0 bridgehead atoms. The third kappa shape index (κ3) is 8.75. The van der Waals surface area contributed by atoms with Crippen LogP contribution in [0.5, 0.6) is 5.75 Å². The maximum absolute atomic E-state index is 13.1. The van der Waals surface area contributed by atoms with E-state index in [9.17, 15) is 27.9 Å². The Morgan fingerprint density at radius 1 is 0.941 bits per heavy atom. The zero-order chi connectivity index (χ0) is 36.0. The van der Waals surface area contributed by atoms with E-state index >= 15 is 0 Å². The van der Waals surface area contributed by atoms with Gasteiger partial charge in [0.2, 0.25) is 5.91 Å². The lowest BCUT2D eigenvalue weighted by Crippen LogP contribution is -2.50. The minimum absolute atomic E-state index is 0.0420. The van der Waals surface area contributed by atoms with E-state index < -0.39 is 30.3 Å². The summed E-state index contributed by atoms with van der Waals surface area (Å²) in [6.45, 7) is -0.0655. The number of hydrogen-bond acceptors (Lipinski definition) is 7. The minimum atomic E-state index is -5.03. The molecule has 4 atom stereocenters. The molecule has 0 saturated carbocycles. The van der Waals surface area contributed by atoms with Gasteiger partial charge >= 0.3 is 12.1 Å². The predicted octanol–water partition coefficient (Wildman–Crippen LogP) is 7.36. The summed E-state index contributed by atoms with van der Waals surface area (Å²) in [5.74, 6) is -1.12. The van der Waals surface area contributed by atoms with Crippen LogP contribution in [0.15, 0.2) is 102 Å². The summed E-state index contributed by atoms with van der Waals surface area (Å²) in [6.07, 6.45) is -4.93. The average Bonchev–Trinajstić information content (AvgIpc) is 3.66. The molecule has 6 rings (SSSR count). The van der Waals surface area contributed by atoms with Crippen LogP contribution in [-0.4, -0.2) is 59.6 Å². The van der Waals surface area contributed by atoms with Crippen LogP contribution in [0.1, 0.15) is 53.9 Å². The van der Waals surface area contributed by atoms with Crippen LogP contribution in [-0.2, 0) is 32.2 Å². The highest BCUT2D eigenvalue weighted by atomic mass is 32.2. The number of carbonyl (C=O) groups excluding carboxylic acids is 2. The molecule has 2 fully saturated rings.